The lowest BCUT2D eigenvalue weighted by Crippen LogP contribution is -2.14. The number of amides is 1. The van der Waals surface area contributed by atoms with Gasteiger partial charge in [0.15, 0.2) is 0 Å². The summed E-state index contributed by atoms with van der Waals surface area (Å²) in [5.74, 6) is -0.687. The topological polar surface area (TPSA) is 29.1 Å². The minimum atomic E-state index is -4.54. The van der Waals surface area contributed by atoms with Gasteiger partial charge in [-0.2, -0.15) is 13.2 Å². The summed E-state index contributed by atoms with van der Waals surface area (Å²) in [6, 6.07) is 9.48. The minimum absolute atomic E-state index is 0.302. The highest BCUT2D eigenvalue weighted by molar-refractivity contribution is 6.42. The van der Waals surface area contributed by atoms with Gasteiger partial charge < -0.3 is 5.32 Å². The van der Waals surface area contributed by atoms with E-state index in [1.54, 1.807) is 12.1 Å². The minimum Gasteiger partial charge on any atom is -0.322 e. The third-order valence-corrected chi connectivity index (χ3v) is 3.60. The Bertz CT molecular complexity index is 757. The van der Waals surface area contributed by atoms with Gasteiger partial charge in [-0.3, -0.25) is 4.79 Å². The highest BCUT2D eigenvalue weighted by atomic mass is 35.5. The van der Waals surface area contributed by atoms with E-state index in [0.29, 0.717) is 15.6 Å². The summed E-state index contributed by atoms with van der Waals surface area (Å²) in [4.78, 5) is 11.8. The molecular weight excluding hydrogens is 350 g/mol. The zero-order chi connectivity index (χ0) is 17.0. The fourth-order valence-electron chi connectivity index (χ4n) is 1.80. The molecule has 0 unspecified atom stereocenters. The fraction of sp³-hybridized carbons (Fsp3) is 0.0625. The lowest BCUT2D eigenvalue weighted by Gasteiger charge is -2.12. The van der Waals surface area contributed by atoms with Gasteiger partial charge in [-0.1, -0.05) is 41.4 Å². The lowest BCUT2D eigenvalue weighted by molar-refractivity contribution is -0.136. The third kappa shape index (κ3) is 4.74. The molecule has 0 radical (unpaired) electrons. The van der Waals surface area contributed by atoms with Crippen LogP contribution in [0.25, 0.3) is 6.08 Å². The van der Waals surface area contributed by atoms with E-state index in [0.717, 1.165) is 12.1 Å². The predicted octanol–water partition coefficient (Wildman–Crippen LogP) is 5.66. The maximum atomic E-state index is 12.8. The molecule has 7 heteroatoms. The molecule has 2 nitrogen and oxygen atoms in total. The number of benzene rings is 2. The molecule has 0 saturated heterocycles. The van der Waals surface area contributed by atoms with E-state index < -0.39 is 17.6 Å². The summed E-state index contributed by atoms with van der Waals surface area (Å²) in [5, 5.41) is 2.89. The molecule has 0 fully saturated rings. The molecule has 0 saturated carbocycles. The van der Waals surface area contributed by atoms with E-state index in [4.69, 9.17) is 23.2 Å². The number of carbonyl (C=O) groups is 1. The fourth-order valence-corrected chi connectivity index (χ4v) is 2.11. The standard InChI is InChI=1S/C16H10Cl2F3NO/c17-12-7-5-10(9-13(12)18)6-8-15(23)22-14-4-2-1-3-11(14)16(19,20)21/h1-9H,(H,22,23). The normalized spacial score (nSPS) is 11.7. The number of hydrogen-bond donors (Lipinski definition) is 1. The number of alkyl halides is 3. The van der Waals surface area contributed by atoms with Crippen LogP contribution in [0.1, 0.15) is 11.1 Å². The van der Waals surface area contributed by atoms with Gasteiger partial charge in [-0.05, 0) is 35.9 Å². The van der Waals surface area contributed by atoms with E-state index in [9.17, 15) is 18.0 Å². The lowest BCUT2D eigenvalue weighted by atomic mass is 10.1. The van der Waals surface area contributed by atoms with Crippen molar-refractivity contribution in [3.05, 3.63) is 69.7 Å². The molecule has 0 spiro atoms. The second kappa shape index (κ2) is 7.06. The zero-order valence-corrected chi connectivity index (χ0v) is 13.0. The Morgan fingerprint density at radius 3 is 2.39 bits per heavy atom. The Morgan fingerprint density at radius 1 is 1.04 bits per heavy atom. The van der Waals surface area contributed by atoms with Gasteiger partial charge in [0, 0.05) is 6.08 Å². The van der Waals surface area contributed by atoms with E-state index >= 15 is 0 Å². The number of para-hydroxylation sites is 1. The molecule has 2 aromatic carbocycles. The van der Waals surface area contributed by atoms with E-state index in [-0.39, 0.29) is 5.69 Å². The maximum Gasteiger partial charge on any atom is 0.418 e. The molecule has 0 heterocycles. The van der Waals surface area contributed by atoms with Gasteiger partial charge >= 0.3 is 6.18 Å². The second-order valence-corrected chi connectivity index (χ2v) is 5.35. The molecule has 23 heavy (non-hydrogen) atoms. The molecule has 2 aromatic rings. The molecule has 0 aliphatic rings. The summed E-state index contributed by atoms with van der Waals surface area (Å²) in [6.45, 7) is 0. The van der Waals surface area contributed by atoms with Gasteiger partial charge in [0.05, 0.1) is 21.3 Å². The first-order valence-corrected chi connectivity index (χ1v) is 7.13. The van der Waals surface area contributed by atoms with Crippen LogP contribution < -0.4 is 5.32 Å². The highest BCUT2D eigenvalue weighted by Gasteiger charge is 2.33. The first-order valence-electron chi connectivity index (χ1n) is 6.38. The number of nitrogens with one attached hydrogen (secondary N) is 1. The van der Waals surface area contributed by atoms with Crippen LogP contribution in [0.15, 0.2) is 48.5 Å². The molecule has 0 aromatic heterocycles. The second-order valence-electron chi connectivity index (χ2n) is 4.54. The van der Waals surface area contributed by atoms with E-state index in [1.165, 1.54) is 30.3 Å². The Balaban J connectivity index is 2.14. The smallest absolute Gasteiger partial charge is 0.322 e. The van der Waals surface area contributed by atoms with Crippen LogP contribution in [0.5, 0.6) is 0 Å². The first-order chi connectivity index (χ1) is 10.8. The van der Waals surface area contributed by atoms with Crippen molar-refractivity contribution in [1.29, 1.82) is 0 Å². The Morgan fingerprint density at radius 2 is 1.74 bits per heavy atom. The van der Waals surface area contributed by atoms with Crippen molar-refractivity contribution < 1.29 is 18.0 Å². The van der Waals surface area contributed by atoms with Gasteiger partial charge in [0.25, 0.3) is 0 Å². The van der Waals surface area contributed by atoms with Crippen molar-refractivity contribution in [2.24, 2.45) is 0 Å². The predicted molar refractivity (Wildman–Crippen MR) is 85.6 cm³/mol. The summed E-state index contributed by atoms with van der Waals surface area (Å²) in [7, 11) is 0. The van der Waals surface area contributed by atoms with Crippen LogP contribution in [0.4, 0.5) is 18.9 Å². The average Bonchev–Trinajstić information content (AvgIpc) is 2.48. The molecule has 120 valence electrons. The summed E-state index contributed by atoms with van der Waals surface area (Å²) >= 11 is 11.6. The van der Waals surface area contributed by atoms with Crippen molar-refractivity contribution in [3.8, 4) is 0 Å². The number of halogens is 5. The Labute approximate surface area is 140 Å². The number of anilines is 1. The maximum absolute atomic E-state index is 12.8. The van der Waals surface area contributed by atoms with Gasteiger partial charge in [0.2, 0.25) is 5.91 Å². The molecule has 0 aliphatic heterocycles. The molecule has 0 bridgehead atoms. The number of carbonyl (C=O) groups excluding carboxylic acids is 1. The summed E-state index contributed by atoms with van der Waals surface area (Å²) in [6.07, 6.45) is -2.00. The van der Waals surface area contributed by atoms with E-state index in [1.807, 2.05) is 0 Å². The van der Waals surface area contributed by atoms with Gasteiger partial charge in [-0.15, -0.1) is 0 Å². The van der Waals surface area contributed by atoms with Crippen molar-refractivity contribution in [1.82, 2.24) is 0 Å². The zero-order valence-electron chi connectivity index (χ0n) is 11.5. The summed E-state index contributed by atoms with van der Waals surface area (Å²) in [5.41, 5.74) is -0.612. The first kappa shape index (κ1) is 17.4. The van der Waals surface area contributed by atoms with Crippen molar-refractivity contribution in [2.45, 2.75) is 6.18 Å². The summed E-state index contributed by atoms with van der Waals surface area (Å²) < 4.78 is 38.5. The molecule has 0 atom stereocenters. The van der Waals surface area contributed by atoms with Gasteiger partial charge in [0.1, 0.15) is 0 Å². The number of rotatable bonds is 3. The molecule has 1 N–H and O–H groups in total. The van der Waals surface area contributed by atoms with Crippen molar-refractivity contribution in [3.63, 3.8) is 0 Å². The van der Waals surface area contributed by atoms with Crippen molar-refractivity contribution in [2.75, 3.05) is 5.32 Å². The molecule has 1 amide bonds. The van der Waals surface area contributed by atoms with Crippen LogP contribution in [-0.2, 0) is 11.0 Å². The Hall–Kier alpha value is -1.98. The quantitative estimate of drug-likeness (QED) is 0.703. The van der Waals surface area contributed by atoms with Crippen LogP contribution in [0, 0.1) is 0 Å². The largest absolute Gasteiger partial charge is 0.418 e. The van der Waals surface area contributed by atoms with Gasteiger partial charge in [-0.25, -0.2) is 0 Å². The monoisotopic (exact) mass is 359 g/mol. The van der Waals surface area contributed by atoms with Crippen molar-refractivity contribution >= 4 is 40.9 Å². The molecule has 0 aliphatic carbocycles. The SMILES string of the molecule is O=C(C=Cc1ccc(Cl)c(Cl)c1)Nc1ccccc1C(F)(F)F. The Kier molecular flexibility index (Phi) is 5.34. The molecule has 2 rings (SSSR count). The van der Waals surface area contributed by atoms with E-state index in [2.05, 4.69) is 5.32 Å². The van der Waals surface area contributed by atoms with Crippen LogP contribution >= 0.6 is 23.2 Å². The number of hydrogen-bond acceptors (Lipinski definition) is 1. The van der Waals surface area contributed by atoms with Crippen LogP contribution in [0.3, 0.4) is 0 Å². The molecular formula is C16H10Cl2F3NO. The van der Waals surface area contributed by atoms with Crippen LogP contribution in [-0.4, -0.2) is 5.91 Å². The average molecular weight is 360 g/mol. The highest BCUT2D eigenvalue weighted by Crippen LogP contribution is 2.34. The third-order valence-electron chi connectivity index (χ3n) is 2.86. The van der Waals surface area contributed by atoms with Crippen LogP contribution in [0.2, 0.25) is 10.0 Å².